The smallest absolute Gasteiger partial charge is 0.230 e. The van der Waals surface area contributed by atoms with E-state index in [0.29, 0.717) is 0 Å². The second-order valence-electron chi connectivity index (χ2n) is 6.93. The third kappa shape index (κ3) is 3.85. The lowest BCUT2D eigenvalue weighted by atomic mass is 9.75. The number of nitrogens with one attached hydrogen (secondary N) is 2. The van der Waals surface area contributed by atoms with Gasteiger partial charge in [0.25, 0.3) is 0 Å². The van der Waals surface area contributed by atoms with Crippen molar-refractivity contribution >= 4 is 11.6 Å². The van der Waals surface area contributed by atoms with Crippen LogP contribution in [0.1, 0.15) is 57.4 Å². The molecule has 0 aliphatic heterocycles. The normalized spacial score (nSPS) is 21.0. The van der Waals surface area contributed by atoms with Gasteiger partial charge in [-0.3, -0.25) is 4.79 Å². The van der Waals surface area contributed by atoms with Gasteiger partial charge in [-0.25, -0.2) is 0 Å². The molecule has 3 rings (SSSR count). The van der Waals surface area contributed by atoms with Crippen molar-refractivity contribution in [3.8, 4) is 0 Å². The van der Waals surface area contributed by atoms with E-state index >= 15 is 0 Å². The second-order valence-corrected chi connectivity index (χ2v) is 6.93. The third-order valence-electron chi connectivity index (χ3n) is 4.89. The molecule has 2 fully saturated rings. The topological polar surface area (TPSA) is 41.1 Å². The highest BCUT2D eigenvalue weighted by Crippen LogP contribution is 2.36. The van der Waals surface area contributed by atoms with E-state index in [9.17, 15) is 4.79 Å². The van der Waals surface area contributed by atoms with E-state index in [1.165, 1.54) is 37.7 Å². The van der Waals surface area contributed by atoms with Gasteiger partial charge in [-0.15, -0.1) is 0 Å². The Morgan fingerprint density at radius 3 is 2.43 bits per heavy atom. The maximum atomic E-state index is 12.5. The van der Waals surface area contributed by atoms with E-state index in [4.69, 9.17) is 0 Å². The van der Waals surface area contributed by atoms with Crippen LogP contribution in [-0.4, -0.2) is 11.9 Å². The van der Waals surface area contributed by atoms with Crippen LogP contribution in [0.3, 0.4) is 0 Å². The number of carbonyl (C=O) groups is 1. The minimum Gasteiger partial charge on any atom is -0.326 e. The van der Waals surface area contributed by atoms with Crippen LogP contribution in [0.4, 0.5) is 5.69 Å². The maximum Gasteiger partial charge on any atom is 0.230 e. The summed E-state index contributed by atoms with van der Waals surface area (Å²) >= 11 is 0. The van der Waals surface area contributed by atoms with Gasteiger partial charge in [0.05, 0.1) is 0 Å². The van der Waals surface area contributed by atoms with Gasteiger partial charge in [0.2, 0.25) is 5.91 Å². The molecule has 2 aliphatic rings. The number of amides is 1. The molecule has 0 spiro atoms. The van der Waals surface area contributed by atoms with Crippen LogP contribution in [-0.2, 0) is 11.3 Å². The molecule has 0 radical (unpaired) electrons. The molecule has 2 aliphatic carbocycles. The number of hydrogen-bond donors (Lipinski definition) is 2. The maximum absolute atomic E-state index is 12.5. The van der Waals surface area contributed by atoms with Crippen LogP contribution in [0, 0.1) is 5.41 Å². The van der Waals surface area contributed by atoms with Crippen molar-refractivity contribution in [3.05, 3.63) is 29.8 Å². The van der Waals surface area contributed by atoms with Crippen molar-refractivity contribution < 1.29 is 4.79 Å². The average molecular weight is 286 g/mol. The molecule has 0 atom stereocenters. The predicted molar refractivity (Wildman–Crippen MR) is 86.1 cm³/mol. The molecule has 2 saturated carbocycles. The van der Waals surface area contributed by atoms with Gasteiger partial charge in [0.1, 0.15) is 0 Å². The number of anilines is 1. The van der Waals surface area contributed by atoms with Gasteiger partial charge in [-0.2, -0.15) is 0 Å². The molecule has 1 amide bonds. The van der Waals surface area contributed by atoms with Gasteiger partial charge in [0.15, 0.2) is 0 Å². The van der Waals surface area contributed by atoms with Crippen LogP contribution in [0.25, 0.3) is 0 Å². The van der Waals surface area contributed by atoms with Gasteiger partial charge in [-0.1, -0.05) is 38.3 Å². The van der Waals surface area contributed by atoms with Crippen LogP contribution in [0.15, 0.2) is 24.3 Å². The van der Waals surface area contributed by atoms with Gasteiger partial charge >= 0.3 is 0 Å². The van der Waals surface area contributed by atoms with Crippen molar-refractivity contribution in [2.75, 3.05) is 5.32 Å². The Hall–Kier alpha value is -1.35. The highest BCUT2D eigenvalue weighted by molar-refractivity contribution is 5.95. The van der Waals surface area contributed by atoms with Crippen LogP contribution >= 0.6 is 0 Å². The standard InChI is InChI=1S/C18H26N2O/c1-18(11-3-2-4-12-18)17(21)20-16-7-5-14(6-8-16)13-19-15-9-10-15/h5-8,15,19H,2-4,9-13H2,1H3,(H,20,21). The molecule has 2 N–H and O–H groups in total. The fraction of sp³-hybridized carbons (Fsp3) is 0.611. The minimum absolute atomic E-state index is 0.176. The SMILES string of the molecule is CC1(C(=O)Nc2ccc(CNC3CC3)cc2)CCCCC1. The van der Waals surface area contributed by atoms with Crippen molar-refractivity contribution in [1.82, 2.24) is 5.32 Å². The summed E-state index contributed by atoms with van der Waals surface area (Å²) in [6, 6.07) is 8.99. The summed E-state index contributed by atoms with van der Waals surface area (Å²) in [5.74, 6) is 0.186. The number of hydrogen-bond acceptors (Lipinski definition) is 2. The zero-order valence-electron chi connectivity index (χ0n) is 13.0. The van der Waals surface area contributed by atoms with Crippen molar-refractivity contribution in [2.45, 2.75) is 64.5 Å². The molecule has 0 bridgehead atoms. The Kier molecular flexibility index (Phi) is 4.29. The fourth-order valence-electron chi connectivity index (χ4n) is 3.10. The summed E-state index contributed by atoms with van der Waals surface area (Å²) < 4.78 is 0. The molecule has 3 heteroatoms. The highest BCUT2D eigenvalue weighted by Gasteiger charge is 2.34. The Balaban J connectivity index is 1.55. The Labute approximate surface area is 127 Å². The average Bonchev–Trinajstić information content (AvgIpc) is 3.31. The molecule has 1 aromatic rings. The summed E-state index contributed by atoms with van der Waals surface area (Å²) in [5, 5.41) is 6.60. The summed E-state index contributed by atoms with van der Waals surface area (Å²) in [5.41, 5.74) is 2.02. The summed E-state index contributed by atoms with van der Waals surface area (Å²) in [7, 11) is 0. The fourth-order valence-corrected chi connectivity index (χ4v) is 3.10. The first-order chi connectivity index (χ1) is 10.2. The van der Waals surface area contributed by atoms with Crippen molar-refractivity contribution in [2.24, 2.45) is 5.41 Å². The minimum atomic E-state index is -0.176. The highest BCUT2D eigenvalue weighted by atomic mass is 16.2. The first-order valence-corrected chi connectivity index (χ1v) is 8.29. The van der Waals surface area contributed by atoms with Crippen LogP contribution in [0.2, 0.25) is 0 Å². The van der Waals surface area contributed by atoms with Crippen molar-refractivity contribution in [1.29, 1.82) is 0 Å². The lowest BCUT2D eigenvalue weighted by molar-refractivity contribution is -0.126. The molecule has 3 nitrogen and oxygen atoms in total. The van der Waals surface area contributed by atoms with E-state index in [1.54, 1.807) is 0 Å². The summed E-state index contributed by atoms with van der Waals surface area (Å²) in [4.78, 5) is 12.5. The van der Waals surface area contributed by atoms with E-state index in [1.807, 2.05) is 12.1 Å². The Morgan fingerprint density at radius 1 is 1.14 bits per heavy atom. The summed E-state index contributed by atoms with van der Waals surface area (Å²) in [6.45, 7) is 3.03. The molecular formula is C18H26N2O. The van der Waals surface area contributed by atoms with Gasteiger partial charge < -0.3 is 10.6 Å². The zero-order chi connectivity index (χ0) is 14.7. The lowest BCUT2D eigenvalue weighted by Crippen LogP contribution is -2.35. The van der Waals surface area contributed by atoms with Crippen LogP contribution < -0.4 is 10.6 Å². The number of benzene rings is 1. The Bertz CT molecular complexity index is 484. The van der Waals surface area contributed by atoms with E-state index in [2.05, 4.69) is 29.7 Å². The van der Waals surface area contributed by atoms with E-state index in [0.717, 1.165) is 31.1 Å². The van der Waals surface area contributed by atoms with E-state index < -0.39 is 0 Å². The molecule has 0 aromatic heterocycles. The first-order valence-electron chi connectivity index (χ1n) is 8.29. The lowest BCUT2D eigenvalue weighted by Gasteiger charge is -2.32. The molecule has 0 heterocycles. The Morgan fingerprint density at radius 2 is 1.81 bits per heavy atom. The van der Waals surface area contributed by atoms with Gasteiger partial charge in [0, 0.05) is 23.7 Å². The second kappa shape index (κ2) is 6.18. The number of carbonyl (C=O) groups excluding carboxylic acids is 1. The summed E-state index contributed by atoms with van der Waals surface area (Å²) in [6.07, 6.45) is 8.28. The zero-order valence-corrected chi connectivity index (χ0v) is 13.0. The van der Waals surface area contributed by atoms with Gasteiger partial charge in [-0.05, 0) is 43.4 Å². The predicted octanol–water partition coefficient (Wildman–Crippen LogP) is 3.85. The van der Waals surface area contributed by atoms with E-state index in [-0.39, 0.29) is 11.3 Å². The largest absolute Gasteiger partial charge is 0.326 e. The third-order valence-corrected chi connectivity index (χ3v) is 4.89. The number of rotatable bonds is 5. The molecule has 0 unspecified atom stereocenters. The van der Waals surface area contributed by atoms with Crippen LogP contribution in [0.5, 0.6) is 0 Å². The first kappa shape index (κ1) is 14.6. The quantitative estimate of drug-likeness (QED) is 0.863. The monoisotopic (exact) mass is 286 g/mol. The molecular weight excluding hydrogens is 260 g/mol. The van der Waals surface area contributed by atoms with Crippen molar-refractivity contribution in [3.63, 3.8) is 0 Å². The molecule has 114 valence electrons. The molecule has 21 heavy (non-hydrogen) atoms. The molecule has 0 saturated heterocycles. The molecule has 1 aromatic carbocycles.